The predicted octanol–water partition coefficient (Wildman–Crippen LogP) is 2.29. The summed E-state index contributed by atoms with van der Waals surface area (Å²) in [5.74, 6) is 2.91. The van der Waals surface area contributed by atoms with E-state index in [2.05, 4.69) is 21.3 Å². The number of aromatic nitrogens is 2. The molecule has 0 amide bonds. The first-order chi connectivity index (χ1) is 9.86. The van der Waals surface area contributed by atoms with Gasteiger partial charge in [0.1, 0.15) is 0 Å². The van der Waals surface area contributed by atoms with Crippen molar-refractivity contribution in [2.24, 2.45) is 0 Å². The zero-order chi connectivity index (χ0) is 13.8. The SMILES string of the molecule is CSCc1noc(C2CCCN(C3CCOCC3)C2)n1. The summed E-state index contributed by atoms with van der Waals surface area (Å²) >= 11 is 1.73. The monoisotopic (exact) mass is 297 g/mol. The lowest BCUT2D eigenvalue weighted by atomic mass is 9.95. The van der Waals surface area contributed by atoms with E-state index in [1.54, 1.807) is 11.8 Å². The van der Waals surface area contributed by atoms with E-state index in [0.717, 1.165) is 50.1 Å². The zero-order valence-electron chi connectivity index (χ0n) is 12.1. The first-order valence-electron chi connectivity index (χ1n) is 7.50. The van der Waals surface area contributed by atoms with Crippen molar-refractivity contribution in [3.8, 4) is 0 Å². The van der Waals surface area contributed by atoms with Crippen LogP contribution in [-0.2, 0) is 10.5 Å². The van der Waals surface area contributed by atoms with E-state index in [4.69, 9.17) is 9.26 Å². The summed E-state index contributed by atoms with van der Waals surface area (Å²) < 4.78 is 10.9. The average Bonchev–Trinajstić information content (AvgIpc) is 2.97. The Kier molecular flexibility index (Phi) is 4.96. The molecule has 6 heteroatoms. The molecule has 1 atom stereocenters. The number of nitrogens with zero attached hydrogens (tertiary/aromatic N) is 3. The van der Waals surface area contributed by atoms with Gasteiger partial charge in [-0.3, -0.25) is 4.90 Å². The van der Waals surface area contributed by atoms with Crippen molar-refractivity contribution in [3.63, 3.8) is 0 Å². The summed E-state index contributed by atoms with van der Waals surface area (Å²) in [6.07, 6.45) is 6.77. The van der Waals surface area contributed by atoms with E-state index in [1.807, 2.05) is 0 Å². The van der Waals surface area contributed by atoms with Gasteiger partial charge in [-0.15, -0.1) is 0 Å². The van der Waals surface area contributed by atoms with E-state index < -0.39 is 0 Å². The maximum absolute atomic E-state index is 5.47. The molecule has 20 heavy (non-hydrogen) atoms. The van der Waals surface area contributed by atoms with Crippen molar-refractivity contribution in [1.82, 2.24) is 15.0 Å². The van der Waals surface area contributed by atoms with Gasteiger partial charge in [0.2, 0.25) is 5.89 Å². The second-order valence-electron chi connectivity index (χ2n) is 5.66. The highest BCUT2D eigenvalue weighted by Crippen LogP contribution is 2.29. The smallest absolute Gasteiger partial charge is 0.231 e. The van der Waals surface area contributed by atoms with Gasteiger partial charge in [0, 0.05) is 25.8 Å². The van der Waals surface area contributed by atoms with E-state index in [9.17, 15) is 0 Å². The Morgan fingerprint density at radius 3 is 2.95 bits per heavy atom. The van der Waals surface area contributed by atoms with E-state index in [0.29, 0.717) is 12.0 Å². The quantitative estimate of drug-likeness (QED) is 0.850. The maximum Gasteiger partial charge on any atom is 0.231 e. The van der Waals surface area contributed by atoms with Crippen LogP contribution in [0, 0.1) is 0 Å². The second-order valence-corrected chi connectivity index (χ2v) is 6.53. The second kappa shape index (κ2) is 6.91. The third-order valence-corrected chi connectivity index (χ3v) is 4.81. The zero-order valence-corrected chi connectivity index (χ0v) is 12.9. The molecule has 5 nitrogen and oxygen atoms in total. The molecule has 0 saturated carbocycles. The highest BCUT2D eigenvalue weighted by atomic mass is 32.2. The predicted molar refractivity (Wildman–Crippen MR) is 78.9 cm³/mol. The van der Waals surface area contributed by atoms with Gasteiger partial charge < -0.3 is 9.26 Å². The van der Waals surface area contributed by atoms with Gasteiger partial charge in [-0.25, -0.2) is 0 Å². The molecule has 3 rings (SSSR count). The molecule has 0 aliphatic carbocycles. The molecule has 1 unspecified atom stereocenters. The number of thioether (sulfide) groups is 1. The Morgan fingerprint density at radius 2 is 2.15 bits per heavy atom. The molecule has 0 N–H and O–H groups in total. The third-order valence-electron chi connectivity index (χ3n) is 4.27. The Hall–Kier alpha value is -0.590. The van der Waals surface area contributed by atoms with Gasteiger partial charge in [0.15, 0.2) is 5.82 Å². The van der Waals surface area contributed by atoms with Crippen molar-refractivity contribution in [2.45, 2.75) is 43.4 Å². The number of hydrogen-bond acceptors (Lipinski definition) is 6. The van der Waals surface area contributed by atoms with E-state index in [1.165, 1.54) is 19.4 Å². The van der Waals surface area contributed by atoms with Crippen LogP contribution in [-0.4, -0.2) is 53.6 Å². The minimum atomic E-state index is 0.412. The van der Waals surface area contributed by atoms with Crippen molar-refractivity contribution in [1.29, 1.82) is 0 Å². The van der Waals surface area contributed by atoms with Gasteiger partial charge >= 0.3 is 0 Å². The summed E-state index contributed by atoms with van der Waals surface area (Å²) in [7, 11) is 0. The summed E-state index contributed by atoms with van der Waals surface area (Å²) in [5, 5.41) is 4.07. The van der Waals surface area contributed by atoms with E-state index >= 15 is 0 Å². The Labute approximate surface area is 124 Å². The Bertz CT molecular complexity index is 420. The molecule has 0 aromatic carbocycles. The lowest BCUT2D eigenvalue weighted by Crippen LogP contribution is -2.44. The number of piperidine rings is 1. The molecule has 1 aromatic rings. The summed E-state index contributed by atoms with van der Waals surface area (Å²) in [5.41, 5.74) is 0. The van der Waals surface area contributed by atoms with Crippen LogP contribution in [0.4, 0.5) is 0 Å². The lowest BCUT2D eigenvalue weighted by molar-refractivity contribution is 0.0221. The lowest BCUT2D eigenvalue weighted by Gasteiger charge is -2.38. The Balaban J connectivity index is 1.61. The fourth-order valence-corrected chi connectivity index (χ4v) is 3.59. The average molecular weight is 297 g/mol. The normalized spacial score (nSPS) is 25.9. The third kappa shape index (κ3) is 3.35. The fourth-order valence-electron chi connectivity index (χ4n) is 3.21. The van der Waals surface area contributed by atoms with Crippen LogP contribution < -0.4 is 0 Å². The van der Waals surface area contributed by atoms with Crippen LogP contribution in [0.1, 0.15) is 43.3 Å². The number of rotatable bonds is 4. The minimum Gasteiger partial charge on any atom is -0.381 e. The van der Waals surface area contributed by atoms with Gasteiger partial charge in [-0.05, 0) is 38.5 Å². The number of hydrogen-bond donors (Lipinski definition) is 0. The molecule has 3 heterocycles. The van der Waals surface area contributed by atoms with Crippen molar-refractivity contribution in [3.05, 3.63) is 11.7 Å². The van der Waals surface area contributed by atoms with Gasteiger partial charge in [-0.1, -0.05) is 5.16 Å². The molecule has 2 aliphatic heterocycles. The first kappa shape index (κ1) is 14.4. The van der Waals surface area contributed by atoms with Crippen LogP contribution in [0.3, 0.4) is 0 Å². The molecular weight excluding hydrogens is 274 g/mol. The topological polar surface area (TPSA) is 51.4 Å². The standard InChI is InChI=1S/C14H23N3O2S/c1-20-10-13-15-14(19-16-13)11-3-2-6-17(9-11)12-4-7-18-8-5-12/h11-12H,2-10H2,1H3. The summed E-state index contributed by atoms with van der Waals surface area (Å²) in [4.78, 5) is 7.16. The van der Waals surface area contributed by atoms with Crippen LogP contribution >= 0.6 is 11.8 Å². The minimum absolute atomic E-state index is 0.412. The van der Waals surface area contributed by atoms with Crippen molar-refractivity contribution >= 4 is 11.8 Å². The van der Waals surface area contributed by atoms with E-state index in [-0.39, 0.29) is 0 Å². The number of likely N-dealkylation sites (tertiary alicyclic amines) is 1. The fraction of sp³-hybridized carbons (Fsp3) is 0.857. The number of ether oxygens (including phenoxy) is 1. The van der Waals surface area contributed by atoms with Gasteiger partial charge in [0.25, 0.3) is 0 Å². The first-order valence-corrected chi connectivity index (χ1v) is 8.89. The largest absolute Gasteiger partial charge is 0.381 e. The van der Waals surface area contributed by atoms with Crippen LogP contribution in [0.15, 0.2) is 4.52 Å². The summed E-state index contributed by atoms with van der Waals surface area (Å²) in [6.45, 7) is 4.08. The van der Waals surface area contributed by atoms with Gasteiger partial charge in [-0.2, -0.15) is 16.7 Å². The highest BCUT2D eigenvalue weighted by Gasteiger charge is 2.30. The van der Waals surface area contributed by atoms with Crippen molar-refractivity contribution < 1.29 is 9.26 Å². The van der Waals surface area contributed by atoms with Crippen LogP contribution in [0.2, 0.25) is 0 Å². The van der Waals surface area contributed by atoms with Gasteiger partial charge in [0.05, 0.1) is 11.7 Å². The van der Waals surface area contributed by atoms with Crippen molar-refractivity contribution in [2.75, 3.05) is 32.6 Å². The molecule has 0 radical (unpaired) electrons. The molecule has 1 aromatic heterocycles. The van der Waals surface area contributed by atoms with Crippen LogP contribution in [0.5, 0.6) is 0 Å². The highest BCUT2D eigenvalue weighted by molar-refractivity contribution is 7.97. The summed E-state index contributed by atoms with van der Waals surface area (Å²) in [6, 6.07) is 0.681. The Morgan fingerprint density at radius 1 is 1.30 bits per heavy atom. The molecule has 0 bridgehead atoms. The van der Waals surface area contributed by atoms with Crippen LogP contribution in [0.25, 0.3) is 0 Å². The molecule has 2 saturated heterocycles. The molecule has 112 valence electrons. The molecule has 2 aliphatic rings. The maximum atomic E-state index is 5.47. The molecule has 2 fully saturated rings. The molecule has 0 spiro atoms. The molecular formula is C14H23N3O2S.